The molecule has 0 aliphatic carbocycles. The lowest BCUT2D eigenvalue weighted by Crippen LogP contribution is -2.21. The summed E-state index contributed by atoms with van der Waals surface area (Å²) in [6.45, 7) is 2.18. The van der Waals surface area contributed by atoms with E-state index in [-0.39, 0.29) is 0 Å². The number of halogens is 2. The van der Waals surface area contributed by atoms with Gasteiger partial charge in [0.2, 0.25) is 0 Å². The Hall–Kier alpha value is -0.440. The van der Waals surface area contributed by atoms with Crippen molar-refractivity contribution >= 4 is 28.9 Å². The van der Waals surface area contributed by atoms with Gasteiger partial charge in [-0.25, -0.2) is 0 Å². The molecule has 1 aromatic carbocycles. The summed E-state index contributed by atoms with van der Waals surface area (Å²) in [6.07, 6.45) is 3.51. The first-order valence-corrected chi connectivity index (χ1v) is 6.43. The van der Waals surface area contributed by atoms with E-state index in [0.717, 1.165) is 35.2 Å². The highest BCUT2D eigenvalue weighted by molar-refractivity contribution is 6.35. The maximum Gasteiger partial charge on any atom is 0.0638 e. The van der Waals surface area contributed by atoms with E-state index in [4.69, 9.17) is 23.2 Å². The molecule has 16 heavy (non-hydrogen) atoms. The average molecular weight is 259 g/mol. The second-order valence-electron chi connectivity index (χ2n) is 4.15. The molecule has 1 unspecified atom stereocenters. The van der Waals surface area contributed by atoms with Gasteiger partial charge in [0.15, 0.2) is 0 Å². The molecule has 0 spiro atoms. The first-order chi connectivity index (χ1) is 7.75. The first-order valence-electron chi connectivity index (χ1n) is 5.68. The van der Waals surface area contributed by atoms with Crippen LogP contribution < -0.4 is 10.6 Å². The number of rotatable bonds is 2. The molecular formula is C12H16Cl2N2. The van der Waals surface area contributed by atoms with Gasteiger partial charge in [-0.1, -0.05) is 23.2 Å². The molecule has 1 saturated heterocycles. The van der Waals surface area contributed by atoms with Crippen molar-refractivity contribution in [2.24, 2.45) is 0 Å². The van der Waals surface area contributed by atoms with Crippen LogP contribution >= 0.6 is 23.2 Å². The van der Waals surface area contributed by atoms with Crippen molar-refractivity contribution in [1.82, 2.24) is 5.32 Å². The summed E-state index contributed by atoms with van der Waals surface area (Å²) in [5.41, 5.74) is 0.945. The maximum absolute atomic E-state index is 6.12. The molecule has 1 aliphatic heterocycles. The van der Waals surface area contributed by atoms with Gasteiger partial charge in [0.25, 0.3) is 0 Å². The molecule has 1 fully saturated rings. The zero-order valence-corrected chi connectivity index (χ0v) is 10.6. The topological polar surface area (TPSA) is 24.1 Å². The smallest absolute Gasteiger partial charge is 0.0638 e. The number of anilines is 1. The van der Waals surface area contributed by atoms with E-state index in [2.05, 4.69) is 10.6 Å². The molecule has 88 valence electrons. The fourth-order valence-electron chi connectivity index (χ4n) is 1.99. The van der Waals surface area contributed by atoms with Crippen molar-refractivity contribution in [2.75, 3.05) is 18.4 Å². The molecule has 1 aromatic rings. The third-order valence-electron chi connectivity index (χ3n) is 2.86. The van der Waals surface area contributed by atoms with E-state index >= 15 is 0 Å². The molecule has 1 atom stereocenters. The van der Waals surface area contributed by atoms with Crippen LogP contribution in [0.4, 0.5) is 5.69 Å². The normalized spacial score (nSPS) is 21.5. The van der Waals surface area contributed by atoms with Crippen molar-refractivity contribution in [3.8, 4) is 0 Å². The Bertz CT molecular complexity index is 347. The van der Waals surface area contributed by atoms with Crippen LogP contribution in [0.5, 0.6) is 0 Å². The van der Waals surface area contributed by atoms with Crippen LogP contribution in [0.15, 0.2) is 18.2 Å². The van der Waals surface area contributed by atoms with Crippen LogP contribution in [0.3, 0.4) is 0 Å². The van der Waals surface area contributed by atoms with Gasteiger partial charge in [-0.15, -0.1) is 0 Å². The molecule has 1 aliphatic rings. The summed E-state index contributed by atoms with van der Waals surface area (Å²) in [5, 5.41) is 8.32. The van der Waals surface area contributed by atoms with Gasteiger partial charge in [0, 0.05) is 11.1 Å². The molecule has 2 nitrogen and oxygen atoms in total. The van der Waals surface area contributed by atoms with Gasteiger partial charge in [-0.05, 0) is 50.6 Å². The van der Waals surface area contributed by atoms with Crippen LogP contribution in [0.25, 0.3) is 0 Å². The van der Waals surface area contributed by atoms with E-state index < -0.39 is 0 Å². The van der Waals surface area contributed by atoms with E-state index in [9.17, 15) is 0 Å². The lowest BCUT2D eigenvalue weighted by atomic mass is 10.1. The number of nitrogens with one attached hydrogen (secondary N) is 2. The quantitative estimate of drug-likeness (QED) is 0.848. The number of hydrogen-bond acceptors (Lipinski definition) is 2. The summed E-state index contributed by atoms with van der Waals surface area (Å²) in [4.78, 5) is 0. The minimum Gasteiger partial charge on any atom is -0.381 e. The van der Waals surface area contributed by atoms with Gasteiger partial charge in [-0.2, -0.15) is 0 Å². The van der Waals surface area contributed by atoms with E-state index in [1.807, 2.05) is 18.2 Å². The number of benzene rings is 1. The average Bonchev–Trinajstić information content (AvgIpc) is 2.52. The zero-order valence-electron chi connectivity index (χ0n) is 9.10. The Morgan fingerprint density at radius 1 is 1.19 bits per heavy atom. The highest BCUT2D eigenvalue weighted by Crippen LogP contribution is 2.27. The summed E-state index contributed by atoms with van der Waals surface area (Å²) in [7, 11) is 0. The van der Waals surface area contributed by atoms with Gasteiger partial charge in [0.05, 0.1) is 10.7 Å². The summed E-state index contributed by atoms with van der Waals surface area (Å²) in [6, 6.07) is 6.03. The minimum absolute atomic E-state index is 0.492. The van der Waals surface area contributed by atoms with Crippen LogP contribution in [0.1, 0.15) is 19.3 Å². The Morgan fingerprint density at radius 2 is 2.06 bits per heavy atom. The zero-order chi connectivity index (χ0) is 11.4. The summed E-state index contributed by atoms with van der Waals surface area (Å²) >= 11 is 12.1. The lowest BCUT2D eigenvalue weighted by molar-refractivity contribution is 0.637. The van der Waals surface area contributed by atoms with Crippen LogP contribution in [-0.2, 0) is 0 Å². The lowest BCUT2D eigenvalue weighted by Gasteiger charge is -2.18. The Morgan fingerprint density at radius 3 is 2.94 bits per heavy atom. The Labute approximate surface area is 106 Å². The standard InChI is InChI=1S/C12H16Cl2N2/c13-9-3-4-11(14)12(8-9)16-10-2-1-6-15-7-5-10/h3-4,8,10,15-16H,1-2,5-7H2. The maximum atomic E-state index is 6.12. The minimum atomic E-state index is 0.492. The fraction of sp³-hybridized carbons (Fsp3) is 0.500. The molecule has 0 amide bonds. The first kappa shape index (κ1) is 12.0. The third kappa shape index (κ3) is 3.27. The Kier molecular flexibility index (Phi) is 4.33. The predicted molar refractivity (Wildman–Crippen MR) is 70.6 cm³/mol. The summed E-state index contributed by atoms with van der Waals surface area (Å²) in [5.74, 6) is 0. The SMILES string of the molecule is Clc1ccc(Cl)c(NC2CCCNCC2)c1. The molecule has 0 saturated carbocycles. The van der Waals surface area contributed by atoms with Gasteiger partial charge < -0.3 is 10.6 Å². The molecule has 2 N–H and O–H groups in total. The molecule has 2 rings (SSSR count). The second-order valence-corrected chi connectivity index (χ2v) is 4.99. The van der Waals surface area contributed by atoms with Crippen molar-refractivity contribution < 1.29 is 0 Å². The van der Waals surface area contributed by atoms with Crippen molar-refractivity contribution in [3.63, 3.8) is 0 Å². The highest BCUT2D eigenvalue weighted by atomic mass is 35.5. The number of hydrogen-bond donors (Lipinski definition) is 2. The van der Waals surface area contributed by atoms with Crippen LogP contribution in [-0.4, -0.2) is 19.1 Å². The highest BCUT2D eigenvalue weighted by Gasteiger charge is 2.12. The van der Waals surface area contributed by atoms with Gasteiger partial charge in [-0.3, -0.25) is 0 Å². The summed E-state index contributed by atoms with van der Waals surface area (Å²) < 4.78 is 0. The van der Waals surface area contributed by atoms with Gasteiger partial charge >= 0.3 is 0 Å². The largest absolute Gasteiger partial charge is 0.381 e. The van der Waals surface area contributed by atoms with Crippen molar-refractivity contribution in [3.05, 3.63) is 28.2 Å². The predicted octanol–water partition coefficient (Wildman–Crippen LogP) is 3.55. The molecule has 4 heteroatoms. The van der Waals surface area contributed by atoms with E-state index in [0.29, 0.717) is 6.04 Å². The van der Waals surface area contributed by atoms with Crippen molar-refractivity contribution in [1.29, 1.82) is 0 Å². The van der Waals surface area contributed by atoms with E-state index in [1.165, 1.54) is 12.8 Å². The second kappa shape index (κ2) is 5.76. The van der Waals surface area contributed by atoms with Crippen LogP contribution in [0, 0.1) is 0 Å². The molecule has 0 aromatic heterocycles. The third-order valence-corrected chi connectivity index (χ3v) is 3.43. The van der Waals surface area contributed by atoms with E-state index in [1.54, 1.807) is 0 Å². The molecule has 0 radical (unpaired) electrons. The molecular weight excluding hydrogens is 243 g/mol. The van der Waals surface area contributed by atoms with Gasteiger partial charge in [0.1, 0.15) is 0 Å². The monoisotopic (exact) mass is 258 g/mol. The van der Waals surface area contributed by atoms with Crippen molar-refractivity contribution in [2.45, 2.75) is 25.3 Å². The Balaban J connectivity index is 2.04. The van der Waals surface area contributed by atoms with Crippen LogP contribution in [0.2, 0.25) is 10.0 Å². The molecule has 1 heterocycles. The fourth-order valence-corrected chi connectivity index (χ4v) is 2.34. The molecule has 0 bridgehead atoms.